The van der Waals surface area contributed by atoms with Crippen LogP contribution in [0.4, 0.5) is 0 Å². The molecule has 2 unspecified atom stereocenters. The summed E-state index contributed by atoms with van der Waals surface area (Å²) >= 11 is -4.83. The normalized spacial score (nSPS) is 18.5. The van der Waals surface area contributed by atoms with Gasteiger partial charge in [0.1, 0.15) is 0 Å². The number of rotatable bonds is 9. The molecule has 5 heteroatoms. The fourth-order valence-corrected chi connectivity index (χ4v) is 41.3. The van der Waals surface area contributed by atoms with Gasteiger partial charge in [0.05, 0.1) is 0 Å². The third-order valence-corrected chi connectivity index (χ3v) is 65.3. The first-order valence-corrected chi connectivity index (χ1v) is 37.8. The Kier molecular flexibility index (Phi) is 9.84. The number of fused-ring (bicyclic) bond motifs is 2. The van der Waals surface area contributed by atoms with Crippen molar-refractivity contribution in [3.63, 3.8) is 0 Å². The van der Waals surface area contributed by atoms with E-state index >= 15 is 0 Å². The molecule has 0 aliphatic heterocycles. The minimum atomic E-state index is -4.83. The van der Waals surface area contributed by atoms with Crippen molar-refractivity contribution in [2.75, 3.05) is 0 Å². The topological polar surface area (TPSA) is 0 Å². The Morgan fingerprint density at radius 3 is 1.62 bits per heavy atom. The summed E-state index contributed by atoms with van der Waals surface area (Å²) in [6.45, 7) is 23.7. The number of hydrogen-bond donors (Lipinski definition) is 0. The van der Waals surface area contributed by atoms with Crippen LogP contribution in [0.3, 0.4) is 0 Å². The molecule has 2 aliphatic rings. The SMILES string of the molecule is CCC1=Cc2c(-c3ccc([Si](C)(C)C)cc3)cccc2[CH]1[Zr]([Cl])([Cl])([CH]1C(C(C)C)=Cc2c(-c3ccc(C(C)C)cc3)cccc21)[SiH](C)C. The molecule has 6 rings (SSSR count). The number of allylic oxidation sites excluding steroid dienone is 2. The van der Waals surface area contributed by atoms with Gasteiger partial charge >= 0.3 is 303 Å². The average molecular weight is 788 g/mol. The zero-order chi connectivity index (χ0) is 34.8. The van der Waals surface area contributed by atoms with Gasteiger partial charge in [-0.1, -0.05) is 0 Å². The van der Waals surface area contributed by atoms with Crippen molar-refractivity contribution in [1.29, 1.82) is 0 Å². The summed E-state index contributed by atoms with van der Waals surface area (Å²) in [5.41, 5.74) is 14.8. The zero-order valence-electron chi connectivity index (χ0n) is 30.6. The summed E-state index contributed by atoms with van der Waals surface area (Å²) in [6.07, 6.45) is 5.94. The first-order valence-electron chi connectivity index (χ1n) is 18.0. The molecule has 0 N–H and O–H groups in total. The summed E-state index contributed by atoms with van der Waals surface area (Å²) in [6, 6.07) is 32.4. The fraction of sp³-hybridized carbons (Fsp3) is 0.349. The van der Waals surface area contributed by atoms with Gasteiger partial charge in [0.2, 0.25) is 0 Å². The molecule has 2 atom stereocenters. The summed E-state index contributed by atoms with van der Waals surface area (Å²) in [5.74, 6) is -0.772. The van der Waals surface area contributed by atoms with Crippen LogP contribution in [0.1, 0.15) is 82.0 Å². The van der Waals surface area contributed by atoms with Crippen LogP contribution in [-0.4, -0.2) is 14.0 Å². The summed E-state index contributed by atoms with van der Waals surface area (Å²) < 4.78 is 0.201. The van der Waals surface area contributed by atoms with Crippen LogP contribution in [0.5, 0.6) is 0 Å². The van der Waals surface area contributed by atoms with Gasteiger partial charge in [-0.25, -0.2) is 0 Å². The van der Waals surface area contributed by atoms with Gasteiger partial charge in [-0.05, 0) is 0 Å². The third-order valence-electron chi connectivity index (χ3n) is 11.5. The first-order chi connectivity index (χ1) is 22.6. The van der Waals surface area contributed by atoms with Crippen LogP contribution in [0.15, 0.2) is 96.1 Å². The van der Waals surface area contributed by atoms with Crippen LogP contribution >= 0.6 is 17.0 Å². The van der Waals surface area contributed by atoms with Crippen molar-refractivity contribution < 1.29 is 15.6 Å². The Balaban J connectivity index is 1.54. The second-order valence-electron chi connectivity index (χ2n) is 16.3. The molecular formula is C43H53Cl2Si2Zr. The second-order valence-corrected chi connectivity index (χ2v) is 63.9. The van der Waals surface area contributed by atoms with Crippen LogP contribution in [-0.2, 0) is 15.6 Å². The molecule has 0 saturated carbocycles. The Morgan fingerprint density at radius 2 is 1.17 bits per heavy atom. The van der Waals surface area contributed by atoms with Crippen molar-refractivity contribution in [3.8, 4) is 22.3 Å². The van der Waals surface area contributed by atoms with Gasteiger partial charge in [0, 0.05) is 0 Å². The molecule has 0 amide bonds. The number of halogens is 2. The molecule has 0 fully saturated rings. The van der Waals surface area contributed by atoms with E-state index in [1.165, 1.54) is 66.4 Å². The van der Waals surface area contributed by atoms with E-state index in [4.69, 9.17) is 17.0 Å². The Labute approximate surface area is 300 Å². The van der Waals surface area contributed by atoms with E-state index < -0.39 is 29.6 Å². The van der Waals surface area contributed by atoms with E-state index in [9.17, 15) is 0 Å². The molecule has 0 nitrogen and oxygen atoms in total. The monoisotopic (exact) mass is 785 g/mol. The Hall–Kier alpha value is -1.74. The van der Waals surface area contributed by atoms with Gasteiger partial charge < -0.3 is 0 Å². The zero-order valence-corrected chi connectivity index (χ0v) is 36.7. The Morgan fingerprint density at radius 1 is 0.667 bits per heavy atom. The quantitative estimate of drug-likeness (QED) is 0.148. The molecule has 0 heterocycles. The predicted octanol–water partition coefficient (Wildman–Crippen LogP) is 13.3. The molecule has 0 radical (unpaired) electrons. The number of benzene rings is 4. The summed E-state index contributed by atoms with van der Waals surface area (Å²) in [5, 5.41) is 1.49. The van der Waals surface area contributed by atoms with Crippen LogP contribution < -0.4 is 5.19 Å². The van der Waals surface area contributed by atoms with E-state index in [-0.39, 0.29) is 7.25 Å². The molecule has 48 heavy (non-hydrogen) atoms. The summed E-state index contributed by atoms with van der Waals surface area (Å²) in [7, 11) is 16.0. The molecule has 0 spiro atoms. The van der Waals surface area contributed by atoms with E-state index in [2.05, 4.69) is 164 Å². The van der Waals surface area contributed by atoms with Gasteiger partial charge in [-0.3, -0.25) is 0 Å². The van der Waals surface area contributed by atoms with Crippen LogP contribution in [0, 0.1) is 5.92 Å². The van der Waals surface area contributed by atoms with Crippen molar-refractivity contribution in [2.45, 2.75) is 86.9 Å². The molecule has 0 saturated heterocycles. The number of hydrogen-bond acceptors (Lipinski definition) is 0. The van der Waals surface area contributed by atoms with E-state index in [1.807, 2.05) is 0 Å². The summed E-state index contributed by atoms with van der Waals surface area (Å²) in [4.78, 5) is 0. The second kappa shape index (κ2) is 13.1. The van der Waals surface area contributed by atoms with Crippen molar-refractivity contribution >= 4 is 48.4 Å². The first kappa shape index (κ1) is 36.1. The molecule has 4 aromatic carbocycles. The minimum absolute atomic E-state index is 0.0944. The van der Waals surface area contributed by atoms with Crippen molar-refractivity contribution in [2.24, 2.45) is 5.92 Å². The van der Waals surface area contributed by atoms with Crippen LogP contribution in [0.2, 0.25) is 32.7 Å². The maximum atomic E-state index is 8.69. The standard InChI is InChI=1S/C21H23.C20H23Si.C2H7Si.2ClH.Zr/c1-14(2)16-8-10-17(11-9-16)20-7-5-6-18-12-19(15(3)4)13-21(18)20;1-5-15-13-17-7-6-8-19(20(17)14-15)16-9-11-18(12-10-16)21(2,3)4;1-3-2;;;/h5-15H,1-4H3;6-14H,5H2,1-4H3;3H,1-2H3;2*1H;/q;;;;;+2/p-2. The van der Waals surface area contributed by atoms with Gasteiger partial charge in [-0.15, -0.1) is 0 Å². The Bertz CT molecular complexity index is 1910. The van der Waals surface area contributed by atoms with Crippen LogP contribution in [0.25, 0.3) is 34.4 Å². The average Bonchev–Trinajstić information content (AvgIpc) is 3.65. The van der Waals surface area contributed by atoms with E-state index in [0.29, 0.717) is 11.8 Å². The van der Waals surface area contributed by atoms with Crippen molar-refractivity contribution in [3.05, 3.63) is 124 Å². The van der Waals surface area contributed by atoms with Crippen molar-refractivity contribution in [1.82, 2.24) is 0 Å². The van der Waals surface area contributed by atoms with E-state index in [0.717, 1.165) is 6.42 Å². The molecular weight excluding hydrogens is 735 g/mol. The molecule has 0 aromatic heterocycles. The van der Waals surface area contributed by atoms with Gasteiger partial charge in [0.15, 0.2) is 0 Å². The van der Waals surface area contributed by atoms with Gasteiger partial charge in [-0.2, -0.15) is 0 Å². The fourth-order valence-electron chi connectivity index (χ4n) is 8.50. The molecule has 2 aliphatic carbocycles. The molecule has 4 aromatic rings. The predicted molar refractivity (Wildman–Crippen MR) is 218 cm³/mol. The van der Waals surface area contributed by atoms with Gasteiger partial charge in [0.25, 0.3) is 0 Å². The third kappa shape index (κ3) is 5.92. The maximum absolute atomic E-state index is 8.69. The molecule has 251 valence electrons. The molecule has 0 bridgehead atoms. The van der Waals surface area contributed by atoms with E-state index in [1.54, 1.807) is 0 Å².